The number of hydrogen-bond acceptors (Lipinski definition) is 4. The van der Waals surface area contributed by atoms with Gasteiger partial charge in [0.15, 0.2) is 0 Å². The Kier molecular flexibility index (Phi) is 2.52. The Balaban J connectivity index is 3.01. The zero-order valence-corrected chi connectivity index (χ0v) is 6.57. The normalized spacial score (nSPS) is 12.8. The van der Waals surface area contributed by atoms with Crippen molar-refractivity contribution in [3.63, 3.8) is 0 Å². The molecule has 1 unspecified atom stereocenters. The number of anilines is 1. The van der Waals surface area contributed by atoms with Crippen LogP contribution in [0.1, 0.15) is 11.6 Å². The molecular weight excluding hydrogens is 156 g/mol. The third-order valence-electron chi connectivity index (χ3n) is 1.67. The summed E-state index contributed by atoms with van der Waals surface area (Å²) in [6.45, 7) is -0.158. The van der Waals surface area contributed by atoms with E-state index in [2.05, 4.69) is 0 Å². The van der Waals surface area contributed by atoms with E-state index in [-0.39, 0.29) is 12.4 Å². The highest BCUT2D eigenvalue weighted by atomic mass is 16.3. The fourth-order valence-electron chi connectivity index (χ4n) is 0.998. The second-order valence-corrected chi connectivity index (χ2v) is 2.60. The Morgan fingerprint density at radius 3 is 2.58 bits per heavy atom. The Hall–Kier alpha value is -1.26. The van der Waals surface area contributed by atoms with Crippen molar-refractivity contribution < 1.29 is 10.2 Å². The van der Waals surface area contributed by atoms with Gasteiger partial charge in [-0.3, -0.25) is 0 Å². The molecule has 12 heavy (non-hydrogen) atoms. The van der Waals surface area contributed by atoms with E-state index in [9.17, 15) is 0 Å². The maximum absolute atomic E-state index is 9.01. The van der Waals surface area contributed by atoms with Gasteiger partial charge in [-0.15, -0.1) is 0 Å². The minimum atomic E-state index is -0.481. The summed E-state index contributed by atoms with van der Waals surface area (Å²) in [5, 5.41) is 17.7. The summed E-state index contributed by atoms with van der Waals surface area (Å²) in [4.78, 5) is 0. The molecule has 1 aromatic carbocycles. The van der Waals surface area contributed by atoms with Gasteiger partial charge in [-0.05, 0) is 11.6 Å². The zero-order valence-electron chi connectivity index (χ0n) is 6.57. The molecule has 6 N–H and O–H groups in total. The number of benzene rings is 1. The molecule has 0 aromatic heterocycles. The summed E-state index contributed by atoms with van der Waals surface area (Å²) in [7, 11) is 0. The molecule has 0 saturated carbocycles. The van der Waals surface area contributed by atoms with Crippen molar-refractivity contribution in [1.29, 1.82) is 0 Å². The smallest absolute Gasteiger partial charge is 0.117 e. The molecule has 4 heteroatoms. The predicted molar refractivity (Wildman–Crippen MR) is 46.5 cm³/mol. The van der Waals surface area contributed by atoms with E-state index in [0.29, 0.717) is 11.3 Å². The summed E-state index contributed by atoms with van der Waals surface area (Å²) in [6, 6.07) is 4.02. The first-order valence-corrected chi connectivity index (χ1v) is 3.60. The molecule has 0 saturated heterocycles. The molecule has 66 valence electrons. The number of aromatic hydroxyl groups is 1. The molecule has 0 fully saturated rings. The van der Waals surface area contributed by atoms with Gasteiger partial charge in [0.05, 0.1) is 12.6 Å². The number of phenols is 1. The first-order chi connectivity index (χ1) is 5.65. The number of nitrogen functional groups attached to an aromatic ring is 1. The zero-order chi connectivity index (χ0) is 9.14. The van der Waals surface area contributed by atoms with Gasteiger partial charge in [0.2, 0.25) is 0 Å². The van der Waals surface area contributed by atoms with Crippen LogP contribution in [-0.2, 0) is 0 Å². The lowest BCUT2D eigenvalue weighted by Crippen LogP contribution is -2.15. The number of rotatable bonds is 2. The average Bonchev–Trinajstić information content (AvgIpc) is 2.03. The van der Waals surface area contributed by atoms with E-state index in [1.54, 1.807) is 6.07 Å². The van der Waals surface area contributed by atoms with Gasteiger partial charge in [0.1, 0.15) is 5.75 Å². The van der Waals surface area contributed by atoms with E-state index < -0.39 is 6.04 Å². The highest BCUT2D eigenvalue weighted by molar-refractivity contribution is 5.52. The maximum Gasteiger partial charge on any atom is 0.117 e. The van der Waals surface area contributed by atoms with Crippen LogP contribution >= 0.6 is 0 Å². The molecule has 1 rings (SSSR count). The summed E-state index contributed by atoms with van der Waals surface area (Å²) in [5.74, 6) is 0.0985. The number of aliphatic hydroxyl groups excluding tert-OH is 1. The third kappa shape index (κ3) is 1.66. The van der Waals surface area contributed by atoms with Crippen LogP contribution in [0.4, 0.5) is 5.69 Å². The fraction of sp³-hybridized carbons (Fsp3) is 0.250. The minimum absolute atomic E-state index is 0.0985. The minimum Gasteiger partial charge on any atom is -0.508 e. The van der Waals surface area contributed by atoms with Crippen molar-refractivity contribution in [3.8, 4) is 5.75 Å². The molecule has 0 aliphatic heterocycles. The second kappa shape index (κ2) is 3.42. The van der Waals surface area contributed by atoms with Crippen molar-refractivity contribution in [1.82, 2.24) is 0 Å². The molecular formula is C8H12N2O2. The van der Waals surface area contributed by atoms with Crippen molar-refractivity contribution in [2.75, 3.05) is 12.3 Å². The van der Waals surface area contributed by atoms with Gasteiger partial charge >= 0.3 is 0 Å². The van der Waals surface area contributed by atoms with E-state index in [1.165, 1.54) is 12.1 Å². The van der Waals surface area contributed by atoms with Crippen LogP contribution < -0.4 is 11.5 Å². The van der Waals surface area contributed by atoms with Crippen LogP contribution in [0.25, 0.3) is 0 Å². The largest absolute Gasteiger partial charge is 0.508 e. The van der Waals surface area contributed by atoms with Crippen LogP contribution in [0, 0.1) is 0 Å². The van der Waals surface area contributed by atoms with Gasteiger partial charge < -0.3 is 21.7 Å². The molecule has 1 aromatic rings. The summed E-state index contributed by atoms with van der Waals surface area (Å²) in [6.07, 6.45) is 0. The highest BCUT2D eigenvalue weighted by Gasteiger charge is 2.07. The lowest BCUT2D eigenvalue weighted by Gasteiger charge is -2.11. The lowest BCUT2D eigenvalue weighted by atomic mass is 10.1. The quantitative estimate of drug-likeness (QED) is 0.466. The van der Waals surface area contributed by atoms with Gasteiger partial charge in [-0.25, -0.2) is 0 Å². The monoisotopic (exact) mass is 168 g/mol. The molecule has 0 aliphatic carbocycles. The molecule has 0 amide bonds. The Labute approximate surface area is 70.4 Å². The molecule has 0 heterocycles. The number of phenolic OH excluding ortho intramolecular Hbond substituents is 1. The Morgan fingerprint density at radius 1 is 1.42 bits per heavy atom. The average molecular weight is 168 g/mol. The van der Waals surface area contributed by atoms with E-state index >= 15 is 0 Å². The van der Waals surface area contributed by atoms with Crippen LogP contribution in [-0.4, -0.2) is 16.8 Å². The molecule has 4 nitrogen and oxygen atoms in total. The van der Waals surface area contributed by atoms with Gasteiger partial charge in [0, 0.05) is 11.8 Å². The first kappa shape index (κ1) is 8.83. The Bertz CT molecular complexity index is 276. The van der Waals surface area contributed by atoms with Crippen LogP contribution in [0.5, 0.6) is 5.75 Å². The van der Waals surface area contributed by atoms with Gasteiger partial charge in [-0.2, -0.15) is 0 Å². The van der Waals surface area contributed by atoms with Crippen LogP contribution in [0.3, 0.4) is 0 Å². The van der Waals surface area contributed by atoms with Crippen molar-refractivity contribution in [3.05, 3.63) is 23.8 Å². The number of hydrogen-bond donors (Lipinski definition) is 4. The number of aliphatic hydroxyl groups is 1. The fourth-order valence-corrected chi connectivity index (χ4v) is 0.998. The molecule has 0 bridgehead atoms. The molecule has 0 spiro atoms. The number of nitrogens with two attached hydrogens (primary N) is 2. The molecule has 1 atom stereocenters. The summed E-state index contributed by atoms with van der Waals surface area (Å²) in [5.41, 5.74) is 12.1. The van der Waals surface area contributed by atoms with Crippen molar-refractivity contribution in [2.24, 2.45) is 5.73 Å². The molecule has 0 aliphatic rings. The maximum atomic E-state index is 9.01. The standard InChI is InChI=1S/C8H12N2O2/c9-7-3-5(12)1-2-6(7)8(10)4-11/h1-3,8,11-12H,4,9-10H2. The predicted octanol–water partition coefficient (Wildman–Crippen LogP) is -0.0335. The topological polar surface area (TPSA) is 92.5 Å². The van der Waals surface area contributed by atoms with Crippen LogP contribution in [0.15, 0.2) is 18.2 Å². The van der Waals surface area contributed by atoms with Gasteiger partial charge in [0.25, 0.3) is 0 Å². The Morgan fingerprint density at radius 2 is 2.08 bits per heavy atom. The van der Waals surface area contributed by atoms with E-state index in [1.807, 2.05) is 0 Å². The lowest BCUT2D eigenvalue weighted by molar-refractivity contribution is 0.268. The third-order valence-corrected chi connectivity index (χ3v) is 1.67. The molecule has 0 radical (unpaired) electrons. The first-order valence-electron chi connectivity index (χ1n) is 3.60. The van der Waals surface area contributed by atoms with Crippen LogP contribution in [0.2, 0.25) is 0 Å². The van der Waals surface area contributed by atoms with E-state index in [0.717, 1.165) is 0 Å². The summed E-state index contributed by atoms with van der Waals surface area (Å²) >= 11 is 0. The SMILES string of the molecule is Nc1cc(O)ccc1C(N)CO. The van der Waals surface area contributed by atoms with Crippen molar-refractivity contribution >= 4 is 5.69 Å². The van der Waals surface area contributed by atoms with Gasteiger partial charge in [-0.1, -0.05) is 6.07 Å². The second-order valence-electron chi connectivity index (χ2n) is 2.60. The van der Waals surface area contributed by atoms with E-state index in [4.69, 9.17) is 21.7 Å². The summed E-state index contributed by atoms with van der Waals surface area (Å²) < 4.78 is 0. The highest BCUT2D eigenvalue weighted by Crippen LogP contribution is 2.22. The van der Waals surface area contributed by atoms with Crippen molar-refractivity contribution in [2.45, 2.75) is 6.04 Å².